The summed E-state index contributed by atoms with van der Waals surface area (Å²) in [7, 11) is 0. The van der Waals surface area contributed by atoms with Gasteiger partial charge in [-0.05, 0) is 17.7 Å². The fourth-order valence-electron chi connectivity index (χ4n) is 1.60. The number of nitrogens with one attached hydrogen (secondary N) is 1. The number of rotatable bonds is 1. The van der Waals surface area contributed by atoms with E-state index in [4.69, 9.17) is 0 Å². The van der Waals surface area contributed by atoms with Crippen molar-refractivity contribution < 1.29 is 4.79 Å². The van der Waals surface area contributed by atoms with Crippen LogP contribution in [0.15, 0.2) is 28.7 Å². The number of hydrogen-bond donors (Lipinski definition) is 1. The Morgan fingerprint density at radius 2 is 2.31 bits per heavy atom. The van der Waals surface area contributed by atoms with Crippen molar-refractivity contribution >= 4 is 21.8 Å². The maximum absolute atomic E-state index is 11.0. The molecule has 0 bridgehead atoms. The Kier molecular flexibility index (Phi) is 2.36. The van der Waals surface area contributed by atoms with Crippen LogP contribution in [0.1, 0.15) is 17.9 Å². The first-order chi connectivity index (χ1) is 6.25. The van der Waals surface area contributed by atoms with Gasteiger partial charge in [0, 0.05) is 23.4 Å². The number of benzene rings is 1. The monoisotopic (exact) mass is 239 g/mol. The normalized spacial score (nSPS) is 21.6. The molecule has 0 aliphatic carbocycles. The summed E-state index contributed by atoms with van der Waals surface area (Å²) in [6.45, 7) is 0.773. The van der Waals surface area contributed by atoms with Crippen molar-refractivity contribution in [1.29, 1.82) is 0 Å². The van der Waals surface area contributed by atoms with Gasteiger partial charge < -0.3 is 5.32 Å². The Hall–Kier alpha value is -0.830. The molecule has 0 spiro atoms. The van der Waals surface area contributed by atoms with Crippen LogP contribution >= 0.6 is 15.9 Å². The van der Waals surface area contributed by atoms with E-state index in [0.717, 1.165) is 11.0 Å². The molecule has 1 amide bonds. The Balaban J connectivity index is 2.21. The predicted octanol–water partition coefficient (Wildman–Crippen LogP) is 2.05. The standard InChI is InChI=1S/C10H10BrNO/c11-9-3-1-2-7(4-9)8-5-10(13)12-6-8/h1-4,8H,5-6H2,(H,12,13)/t8-/m1/s1. The third-order valence-corrected chi connectivity index (χ3v) is 2.79. The third-order valence-electron chi connectivity index (χ3n) is 2.30. The lowest BCUT2D eigenvalue weighted by molar-refractivity contribution is -0.119. The van der Waals surface area contributed by atoms with Crippen molar-refractivity contribution in [2.45, 2.75) is 12.3 Å². The number of amides is 1. The van der Waals surface area contributed by atoms with Gasteiger partial charge in [0.25, 0.3) is 0 Å². The molecule has 1 aliphatic heterocycles. The molecule has 3 heteroatoms. The quantitative estimate of drug-likeness (QED) is 0.799. The van der Waals surface area contributed by atoms with Gasteiger partial charge in [-0.2, -0.15) is 0 Å². The summed E-state index contributed by atoms with van der Waals surface area (Å²) in [5.41, 5.74) is 1.23. The van der Waals surface area contributed by atoms with Crippen molar-refractivity contribution in [1.82, 2.24) is 5.32 Å². The Labute approximate surface area is 85.5 Å². The Morgan fingerprint density at radius 3 is 2.92 bits per heavy atom. The summed E-state index contributed by atoms with van der Waals surface area (Å²) < 4.78 is 1.07. The van der Waals surface area contributed by atoms with Crippen molar-refractivity contribution in [3.05, 3.63) is 34.3 Å². The average molecular weight is 240 g/mol. The van der Waals surface area contributed by atoms with Crippen LogP contribution in [0.5, 0.6) is 0 Å². The number of carbonyl (C=O) groups is 1. The van der Waals surface area contributed by atoms with E-state index in [1.165, 1.54) is 5.56 Å². The molecule has 1 aromatic rings. The molecule has 0 radical (unpaired) electrons. The highest BCUT2D eigenvalue weighted by Gasteiger charge is 2.22. The summed E-state index contributed by atoms with van der Waals surface area (Å²) in [4.78, 5) is 11.0. The zero-order valence-corrected chi connectivity index (χ0v) is 8.67. The van der Waals surface area contributed by atoms with E-state index in [-0.39, 0.29) is 5.91 Å². The van der Waals surface area contributed by atoms with Gasteiger partial charge >= 0.3 is 0 Å². The van der Waals surface area contributed by atoms with Crippen LogP contribution < -0.4 is 5.32 Å². The number of hydrogen-bond acceptors (Lipinski definition) is 1. The van der Waals surface area contributed by atoms with Crippen molar-refractivity contribution in [2.75, 3.05) is 6.54 Å². The van der Waals surface area contributed by atoms with Crippen molar-refractivity contribution in [3.63, 3.8) is 0 Å². The summed E-state index contributed by atoms with van der Waals surface area (Å²) >= 11 is 3.42. The van der Waals surface area contributed by atoms with Crippen LogP contribution in [-0.2, 0) is 4.79 Å². The molecule has 13 heavy (non-hydrogen) atoms. The zero-order valence-electron chi connectivity index (χ0n) is 7.09. The van der Waals surface area contributed by atoms with Gasteiger partial charge in [-0.3, -0.25) is 4.79 Å². The van der Waals surface area contributed by atoms with Crippen molar-refractivity contribution in [2.24, 2.45) is 0 Å². The molecule has 1 fully saturated rings. The van der Waals surface area contributed by atoms with Gasteiger partial charge in [-0.15, -0.1) is 0 Å². The molecule has 1 aliphatic rings. The van der Waals surface area contributed by atoms with E-state index in [9.17, 15) is 4.79 Å². The molecular formula is C10H10BrNO. The van der Waals surface area contributed by atoms with E-state index >= 15 is 0 Å². The van der Waals surface area contributed by atoms with Crippen LogP contribution in [0.4, 0.5) is 0 Å². The molecular weight excluding hydrogens is 230 g/mol. The molecule has 2 rings (SSSR count). The lowest BCUT2D eigenvalue weighted by Gasteiger charge is -2.06. The van der Waals surface area contributed by atoms with E-state index in [0.29, 0.717) is 12.3 Å². The van der Waals surface area contributed by atoms with Crippen LogP contribution in [-0.4, -0.2) is 12.5 Å². The summed E-state index contributed by atoms with van der Waals surface area (Å²) in [5.74, 6) is 0.509. The van der Waals surface area contributed by atoms with Crippen LogP contribution in [0.25, 0.3) is 0 Å². The first kappa shape index (κ1) is 8.75. The highest BCUT2D eigenvalue weighted by Crippen LogP contribution is 2.25. The maximum Gasteiger partial charge on any atom is 0.220 e. The molecule has 1 aromatic carbocycles. The summed E-state index contributed by atoms with van der Waals surface area (Å²) in [5, 5.41) is 2.83. The maximum atomic E-state index is 11.0. The number of halogens is 1. The van der Waals surface area contributed by atoms with Gasteiger partial charge in [0.15, 0.2) is 0 Å². The van der Waals surface area contributed by atoms with Crippen LogP contribution in [0.2, 0.25) is 0 Å². The SMILES string of the molecule is O=C1C[C@@H](c2cccc(Br)c2)CN1. The van der Waals surface area contributed by atoms with Gasteiger partial charge in [0.2, 0.25) is 5.91 Å². The smallest absolute Gasteiger partial charge is 0.220 e. The second-order valence-electron chi connectivity index (χ2n) is 3.26. The zero-order chi connectivity index (χ0) is 9.26. The third kappa shape index (κ3) is 1.91. The van der Waals surface area contributed by atoms with E-state index in [1.54, 1.807) is 0 Å². The lowest BCUT2D eigenvalue weighted by atomic mass is 9.99. The second-order valence-corrected chi connectivity index (χ2v) is 4.18. The largest absolute Gasteiger partial charge is 0.355 e. The summed E-state index contributed by atoms with van der Waals surface area (Å²) in [6, 6.07) is 8.14. The molecule has 0 unspecified atom stereocenters. The fraction of sp³-hybridized carbons (Fsp3) is 0.300. The highest BCUT2D eigenvalue weighted by molar-refractivity contribution is 9.10. The molecule has 1 atom stereocenters. The van der Waals surface area contributed by atoms with E-state index in [2.05, 4.69) is 33.4 Å². The molecule has 0 aromatic heterocycles. The minimum atomic E-state index is 0.157. The van der Waals surface area contributed by atoms with Crippen LogP contribution in [0.3, 0.4) is 0 Å². The molecule has 0 saturated carbocycles. The highest BCUT2D eigenvalue weighted by atomic mass is 79.9. The summed E-state index contributed by atoms with van der Waals surface area (Å²) in [6.07, 6.45) is 0.621. The van der Waals surface area contributed by atoms with E-state index < -0.39 is 0 Å². The predicted molar refractivity (Wildman–Crippen MR) is 54.5 cm³/mol. The first-order valence-corrected chi connectivity index (χ1v) is 5.07. The lowest BCUT2D eigenvalue weighted by Crippen LogP contribution is -2.13. The van der Waals surface area contributed by atoms with Crippen LogP contribution in [0, 0.1) is 0 Å². The first-order valence-electron chi connectivity index (χ1n) is 4.28. The van der Waals surface area contributed by atoms with E-state index in [1.807, 2.05) is 12.1 Å². The topological polar surface area (TPSA) is 29.1 Å². The minimum Gasteiger partial charge on any atom is -0.355 e. The van der Waals surface area contributed by atoms with Crippen molar-refractivity contribution in [3.8, 4) is 0 Å². The average Bonchev–Trinajstić information content (AvgIpc) is 2.52. The van der Waals surface area contributed by atoms with Gasteiger partial charge in [-0.25, -0.2) is 0 Å². The molecule has 2 nitrogen and oxygen atoms in total. The fourth-order valence-corrected chi connectivity index (χ4v) is 2.02. The second kappa shape index (κ2) is 3.50. The Morgan fingerprint density at radius 1 is 1.46 bits per heavy atom. The van der Waals surface area contributed by atoms with Gasteiger partial charge in [0.05, 0.1) is 0 Å². The molecule has 1 saturated heterocycles. The Bertz CT molecular complexity index is 337. The van der Waals surface area contributed by atoms with Gasteiger partial charge in [-0.1, -0.05) is 28.1 Å². The molecule has 1 N–H and O–H groups in total. The number of carbonyl (C=O) groups excluding carboxylic acids is 1. The van der Waals surface area contributed by atoms with Gasteiger partial charge in [0.1, 0.15) is 0 Å². The molecule has 1 heterocycles. The minimum absolute atomic E-state index is 0.157. The molecule has 68 valence electrons.